The number of rotatable bonds is 3. The second-order valence-corrected chi connectivity index (χ2v) is 4.55. The molecule has 0 N–H and O–H groups in total. The minimum Gasteiger partial charge on any atom is -0.488 e. The molecule has 1 saturated heterocycles. The van der Waals surface area contributed by atoms with Crippen molar-refractivity contribution in [3.63, 3.8) is 0 Å². The van der Waals surface area contributed by atoms with Crippen LogP contribution in [0.25, 0.3) is 0 Å². The molecule has 1 heterocycles. The molecule has 1 aliphatic heterocycles. The maximum absolute atomic E-state index is 12.6. The Kier molecular flexibility index (Phi) is 3.85. The Balaban J connectivity index is 2.08. The van der Waals surface area contributed by atoms with Gasteiger partial charge in [-0.1, -0.05) is 11.6 Å². The molecule has 0 radical (unpaired) electrons. The lowest BCUT2D eigenvalue weighted by Gasteiger charge is -2.24. The van der Waals surface area contributed by atoms with Crippen LogP contribution in [0, 0.1) is 6.92 Å². The zero-order valence-corrected chi connectivity index (χ0v) is 10.2. The van der Waals surface area contributed by atoms with Gasteiger partial charge in [-0.25, -0.2) is 0 Å². The molecular formula is C12H15BF3O2-. The zero-order valence-electron chi connectivity index (χ0n) is 10.2. The van der Waals surface area contributed by atoms with E-state index >= 15 is 0 Å². The molecule has 1 aliphatic rings. The van der Waals surface area contributed by atoms with Crippen molar-refractivity contribution in [3.8, 4) is 5.75 Å². The lowest BCUT2D eigenvalue weighted by molar-refractivity contribution is 0.00742. The number of aryl methyl sites for hydroxylation is 1. The van der Waals surface area contributed by atoms with Gasteiger partial charge in [0.25, 0.3) is 0 Å². The zero-order chi connectivity index (χ0) is 13.2. The van der Waals surface area contributed by atoms with Crippen molar-refractivity contribution in [1.29, 1.82) is 0 Å². The molecular weight excluding hydrogens is 244 g/mol. The van der Waals surface area contributed by atoms with Gasteiger partial charge in [-0.3, -0.25) is 0 Å². The van der Waals surface area contributed by atoms with Crippen molar-refractivity contribution in [3.05, 3.63) is 23.8 Å². The van der Waals surface area contributed by atoms with Crippen LogP contribution < -0.4 is 10.2 Å². The second-order valence-electron chi connectivity index (χ2n) is 4.55. The molecule has 2 rings (SSSR count). The molecule has 1 aromatic carbocycles. The molecule has 0 bridgehead atoms. The van der Waals surface area contributed by atoms with E-state index in [-0.39, 0.29) is 11.7 Å². The van der Waals surface area contributed by atoms with Crippen molar-refractivity contribution in [1.82, 2.24) is 0 Å². The average molecular weight is 259 g/mol. The van der Waals surface area contributed by atoms with E-state index in [1.807, 2.05) is 0 Å². The van der Waals surface area contributed by atoms with Gasteiger partial charge in [-0.2, -0.15) is 0 Å². The fourth-order valence-corrected chi connectivity index (χ4v) is 2.09. The molecule has 100 valence electrons. The van der Waals surface area contributed by atoms with Crippen LogP contribution in [0.2, 0.25) is 0 Å². The molecule has 0 saturated carbocycles. The van der Waals surface area contributed by atoms with E-state index in [9.17, 15) is 12.9 Å². The van der Waals surface area contributed by atoms with Crippen LogP contribution in [0.15, 0.2) is 18.2 Å². The topological polar surface area (TPSA) is 18.5 Å². The number of halogens is 3. The van der Waals surface area contributed by atoms with Crippen LogP contribution >= 0.6 is 0 Å². The number of benzene rings is 1. The predicted molar refractivity (Wildman–Crippen MR) is 64.4 cm³/mol. The standard InChI is InChI=1S/C12H15BF3O2/c1-9-7-10(4-5-12(9)13(14,15)16)18-11-3-2-6-17-8-11/h4-5,7,11H,2-3,6,8H2,1H3/q-1. The third kappa shape index (κ3) is 3.19. The molecule has 6 heteroatoms. The van der Waals surface area contributed by atoms with Crippen molar-refractivity contribution in [2.45, 2.75) is 25.9 Å². The normalized spacial score (nSPS) is 20.8. The SMILES string of the molecule is Cc1cc(OC2CCCOC2)ccc1[B-](F)(F)F. The Labute approximate surface area is 104 Å². The van der Waals surface area contributed by atoms with Crippen LogP contribution in [0.3, 0.4) is 0 Å². The van der Waals surface area contributed by atoms with Gasteiger partial charge in [0.2, 0.25) is 0 Å². The summed E-state index contributed by atoms with van der Waals surface area (Å²) >= 11 is 0. The van der Waals surface area contributed by atoms with Crippen LogP contribution in [-0.4, -0.2) is 26.3 Å². The monoisotopic (exact) mass is 259 g/mol. The first-order valence-electron chi connectivity index (χ1n) is 6.02. The third-order valence-electron chi connectivity index (χ3n) is 3.02. The highest BCUT2D eigenvalue weighted by Crippen LogP contribution is 2.20. The van der Waals surface area contributed by atoms with Crippen LogP contribution in [-0.2, 0) is 4.74 Å². The fourth-order valence-electron chi connectivity index (χ4n) is 2.09. The fraction of sp³-hybridized carbons (Fsp3) is 0.500. The van der Waals surface area contributed by atoms with E-state index < -0.39 is 12.4 Å². The Morgan fingerprint density at radius 2 is 2.11 bits per heavy atom. The smallest absolute Gasteiger partial charge is 0.488 e. The molecule has 0 amide bonds. The van der Waals surface area contributed by atoms with Gasteiger partial charge in [0.15, 0.2) is 0 Å². The number of hydrogen-bond donors (Lipinski definition) is 0. The minimum absolute atomic E-state index is 0.0552. The van der Waals surface area contributed by atoms with E-state index in [4.69, 9.17) is 9.47 Å². The average Bonchev–Trinajstić information content (AvgIpc) is 2.28. The molecule has 0 aliphatic carbocycles. The first-order chi connectivity index (χ1) is 8.47. The Morgan fingerprint density at radius 1 is 1.33 bits per heavy atom. The third-order valence-corrected chi connectivity index (χ3v) is 3.02. The van der Waals surface area contributed by atoms with E-state index in [0.717, 1.165) is 25.5 Å². The second kappa shape index (κ2) is 5.22. The molecule has 0 aromatic heterocycles. The summed E-state index contributed by atoms with van der Waals surface area (Å²) in [6.07, 6.45) is 1.75. The highest BCUT2D eigenvalue weighted by atomic mass is 19.4. The maximum atomic E-state index is 12.6. The maximum Gasteiger partial charge on any atom is 0.509 e. The summed E-state index contributed by atoms with van der Waals surface area (Å²) in [5.74, 6) is 0.479. The van der Waals surface area contributed by atoms with Gasteiger partial charge in [0, 0.05) is 6.61 Å². The first kappa shape index (κ1) is 13.3. The van der Waals surface area contributed by atoms with E-state index in [2.05, 4.69) is 0 Å². The number of hydrogen-bond acceptors (Lipinski definition) is 2. The highest BCUT2D eigenvalue weighted by Gasteiger charge is 2.27. The van der Waals surface area contributed by atoms with Crippen LogP contribution in [0.4, 0.5) is 12.9 Å². The molecule has 0 spiro atoms. The largest absolute Gasteiger partial charge is 0.509 e. The van der Waals surface area contributed by atoms with E-state index in [1.165, 1.54) is 19.1 Å². The Morgan fingerprint density at radius 3 is 2.67 bits per heavy atom. The van der Waals surface area contributed by atoms with Crippen LogP contribution in [0.5, 0.6) is 5.75 Å². The van der Waals surface area contributed by atoms with Crippen molar-refractivity contribution < 1.29 is 22.4 Å². The van der Waals surface area contributed by atoms with Gasteiger partial charge >= 0.3 is 6.98 Å². The summed E-state index contributed by atoms with van der Waals surface area (Å²) in [5, 5.41) is 0. The summed E-state index contributed by atoms with van der Waals surface area (Å²) < 4.78 is 48.8. The number of ether oxygens (including phenoxy) is 2. The van der Waals surface area contributed by atoms with Crippen molar-refractivity contribution in [2.24, 2.45) is 0 Å². The van der Waals surface area contributed by atoms with Crippen molar-refractivity contribution in [2.75, 3.05) is 13.2 Å². The van der Waals surface area contributed by atoms with E-state index in [0.29, 0.717) is 12.4 Å². The van der Waals surface area contributed by atoms with Crippen LogP contribution in [0.1, 0.15) is 18.4 Å². The lowest BCUT2D eigenvalue weighted by Crippen LogP contribution is -2.36. The summed E-state index contributed by atoms with van der Waals surface area (Å²) in [7, 11) is 0. The summed E-state index contributed by atoms with van der Waals surface area (Å²) in [4.78, 5) is 0. The minimum atomic E-state index is -4.95. The predicted octanol–water partition coefficient (Wildman–Crippen LogP) is 2.61. The molecule has 18 heavy (non-hydrogen) atoms. The molecule has 2 nitrogen and oxygen atoms in total. The summed E-state index contributed by atoms with van der Waals surface area (Å²) in [6.45, 7) is -2.26. The first-order valence-corrected chi connectivity index (χ1v) is 6.02. The Bertz CT molecular complexity index is 414. The van der Waals surface area contributed by atoms with Gasteiger partial charge in [0.1, 0.15) is 11.9 Å². The van der Waals surface area contributed by atoms with Gasteiger partial charge in [-0.15, -0.1) is 5.46 Å². The molecule has 1 atom stereocenters. The van der Waals surface area contributed by atoms with E-state index in [1.54, 1.807) is 0 Å². The highest BCUT2D eigenvalue weighted by molar-refractivity contribution is 6.74. The summed E-state index contributed by atoms with van der Waals surface area (Å²) in [5.41, 5.74) is -0.348. The lowest BCUT2D eigenvalue weighted by atomic mass is 9.77. The quantitative estimate of drug-likeness (QED) is 0.777. The molecule has 1 aromatic rings. The van der Waals surface area contributed by atoms with Gasteiger partial charge in [-0.05, 0) is 31.9 Å². The summed E-state index contributed by atoms with van der Waals surface area (Å²) in [6, 6.07) is 3.92. The molecule has 1 unspecified atom stereocenters. The van der Waals surface area contributed by atoms with Gasteiger partial charge < -0.3 is 22.4 Å². The van der Waals surface area contributed by atoms with Crippen molar-refractivity contribution >= 4 is 12.4 Å². The van der Waals surface area contributed by atoms with Gasteiger partial charge in [0.05, 0.1) is 6.61 Å². The molecule has 1 fully saturated rings. The Hall–Kier alpha value is -1.17.